The van der Waals surface area contributed by atoms with E-state index in [2.05, 4.69) is 48.5 Å². The van der Waals surface area contributed by atoms with Crippen molar-refractivity contribution in [1.82, 2.24) is 0 Å². The molecule has 4 aromatic rings. The summed E-state index contributed by atoms with van der Waals surface area (Å²) < 4.78 is 10.3. The number of hydrogen-bond acceptors (Lipinski definition) is 4. The molecule has 0 saturated heterocycles. The number of methoxy groups -OCH3 is 2. The molecule has 0 aliphatic heterocycles. The molecule has 0 amide bonds. The van der Waals surface area contributed by atoms with Crippen LogP contribution in [0.2, 0.25) is 0 Å². The molecule has 30 heavy (non-hydrogen) atoms. The summed E-state index contributed by atoms with van der Waals surface area (Å²) in [6.45, 7) is 0. The molecule has 152 valence electrons. The minimum atomic E-state index is -1.10. The zero-order valence-electron chi connectivity index (χ0n) is 16.7. The average Bonchev–Trinajstić information content (AvgIpc) is 2.79. The van der Waals surface area contributed by atoms with Crippen molar-refractivity contribution in [2.24, 2.45) is 0 Å². The van der Waals surface area contributed by atoms with Gasteiger partial charge in [0.05, 0.1) is 19.8 Å². The van der Waals surface area contributed by atoms with E-state index in [1.54, 1.807) is 12.1 Å². The van der Waals surface area contributed by atoms with Crippen LogP contribution in [0.4, 0.5) is 0 Å². The van der Waals surface area contributed by atoms with Crippen molar-refractivity contribution in [2.45, 2.75) is 0 Å². The van der Waals surface area contributed by atoms with Crippen LogP contribution in [0, 0.1) is 0 Å². The second-order valence-electron chi connectivity index (χ2n) is 6.46. The standard InChI is InChI=1S/C13H12O5.C12H10/c1-17-11-5-7-3-8(13(15)16)4-10(14)9(7)6-12(11)18-2;1-3-7-11(8-4-1)12-9-5-2-6-10-12/h3-6,14H,1-2H3,(H,15,16);1-10H. The smallest absolute Gasteiger partial charge is 0.335 e. The summed E-state index contributed by atoms with van der Waals surface area (Å²) in [5.74, 6) is -0.247. The molecule has 4 rings (SSSR count). The molecule has 0 aromatic heterocycles. The largest absolute Gasteiger partial charge is 0.507 e. The van der Waals surface area contributed by atoms with E-state index in [0.717, 1.165) is 0 Å². The molecule has 0 radical (unpaired) electrons. The van der Waals surface area contributed by atoms with Crippen LogP contribution >= 0.6 is 0 Å². The van der Waals surface area contributed by atoms with E-state index < -0.39 is 5.97 Å². The third-order valence-electron chi connectivity index (χ3n) is 4.56. The molecule has 0 saturated carbocycles. The number of aromatic hydroxyl groups is 1. The highest BCUT2D eigenvalue weighted by Gasteiger charge is 2.12. The highest BCUT2D eigenvalue weighted by atomic mass is 16.5. The fourth-order valence-electron chi connectivity index (χ4n) is 3.05. The summed E-state index contributed by atoms with van der Waals surface area (Å²) in [5.41, 5.74) is 2.57. The van der Waals surface area contributed by atoms with Gasteiger partial charge in [0.15, 0.2) is 11.5 Å². The summed E-state index contributed by atoms with van der Waals surface area (Å²) in [7, 11) is 2.98. The van der Waals surface area contributed by atoms with Crippen molar-refractivity contribution < 1.29 is 24.5 Å². The van der Waals surface area contributed by atoms with Crippen molar-refractivity contribution in [3.8, 4) is 28.4 Å². The number of carbonyl (C=O) groups is 1. The van der Waals surface area contributed by atoms with Gasteiger partial charge in [-0.2, -0.15) is 0 Å². The Labute approximate surface area is 174 Å². The Bertz CT molecular complexity index is 1100. The van der Waals surface area contributed by atoms with Gasteiger partial charge in [-0.15, -0.1) is 0 Å². The van der Waals surface area contributed by atoms with E-state index in [9.17, 15) is 9.90 Å². The highest BCUT2D eigenvalue weighted by molar-refractivity contribution is 5.98. The first-order chi connectivity index (χ1) is 14.5. The summed E-state index contributed by atoms with van der Waals surface area (Å²) in [4.78, 5) is 10.9. The van der Waals surface area contributed by atoms with Gasteiger partial charge < -0.3 is 19.7 Å². The Kier molecular flexibility index (Phi) is 6.55. The molecule has 5 heteroatoms. The Morgan fingerprint density at radius 3 is 1.70 bits per heavy atom. The lowest BCUT2D eigenvalue weighted by molar-refractivity contribution is 0.0696. The second-order valence-corrected chi connectivity index (χ2v) is 6.46. The monoisotopic (exact) mass is 402 g/mol. The van der Waals surface area contributed by atoms with Gasteiger partial charge in [0.2, 0.25) is 0 Å². The highest BCUT2D eigenvalue weighted by Crippen LogP contribution is 2.36. The molecular weight excluding hydrogens is 380 g/mol. The van der Waals surface area contributed by atoms with Crippen LogP contribution in [-0.4, -0.2) is 30.4 Å². The lowest BCUT2D eigenvalue weighted by Crippen LogP contribution is -1.96. The quantitative estimate of drug-likeness (QED) is 0.464. The molecule has 2 N–H and O–H groups in total. The van der Waals surface area contributed by atoms with E-state index in [0.29, 0.717) is 22.3 Å². The van der Waals surface area contributed by atoms with Crippen molar-refractivity contribution in [2.75, 3.05) is 14.2 Å². The molecule has 0 heterocycles. The van der Waals surface area contributed by atoms with Crippen LogP contribution in [0.15, 0.2) is 84.9 Å². The van der Waals surface area contributed by atoms with Crippen LogP contribution in [-0.2, 0) is 0 Å². The molecule has 0 fully saturated rings. The maximum absolute atomic E-state index is 10.9. The molecule has 0 atom stereocenters. The van der Waals surface area contributed by atoms with Crippen molar-refractivity contribution in [1.29, 1.82) is 0 Å². The van der Waals surface area contributed by atoms with Crippen LogP contribution in [0.1, 0.15) is 10.4 Å². The van der Waals surface area contributed by atoms with Gasteiger partial charge in [-0.05, 0) is 40.8 Å². The minimum absolute atomic E-state index is 0.0206. The third-order valence-corrected chi connectivity index (χ3v) is 4.56. The SMILES string of the molecule is COc1cc2cc(C(=O)O)cc(O)c2cc1OC.c1ccc(-c2ccccc2)cc1. The third kappa shape index (κ3) is 4.70. The maximum atomic E-state index is 10.9. The number of benzene rings is 4. The van der Waals surface area contributed by atoms with Crippen molar-refractivity contribution >= 4 is 16.7 Å². The first-order valence-corrected chi connectivity index (χ1v) is 9.26. The molecule has 0 unspecified atom stereocenters. The predicted octanol–water partition coefficient (Wildman–Crippen LogP) is 5.61. The zero-order valence-corrected chi connectivity index (χ0v) is 16.7. The molecule has 0 aliphatic rings. The summed E-state index contributed by atoms with van der Waals surface area (Å²) in [5, 5.41) is 19.8. The fourth-order valence-corrected chi connectivity index (χ4v) is 3.05. The van der Waals surface area contributed by atoms with Gasteiger partial charge in [-0.3, -0.25) is 0 Å². The summed E-state index contributed by atoms with van der Waals surface area (Å²) >= 11 is 0. The lowest BCUT2D eigenvalue weighted by atomic mass is 10.0. The maximum Gasteiger partial charge on any atom is 0.335 e. The molecule has 0 bridgehead atoms. The lowest BCUT2D eigenvalue weighted by Gasteiger charge is -2.10. The fraction of sp³-hybridized carbons (Fsp3) is 0.0800. The number of fused-ring (bicyclic) bond motifs is 1. The number of phenols is 1. The van der Waals surface area contributed by atoms with E-state index in [4.69, 9.17) is 14.6 Å². The van der Waals surface area contributed by atoms with E-state index in [-0.39, 0.29) is 11.3 Å². The van der Waals surface area contributed by atoms with E-state index in [1.807, 2.05) is 12.1 Å². The van der Waals surface area contributed by atoms with Crippen LogP contribution < -0.4 is 9.47 Å². The first-order valence-electron chi connectivity index (χ1n) is 9.26. The number of hydrogen-bond donors (Lipinski definition) is 2. The van der Waals surface area contributed by atoms with Gasteiger partial charge >= 0.3 is 5.97 Å². The topological polar surface area (TPSA) is 76.0 Å². The number of ether oxygens (including phenoxy) is 2. The van der Waals surface area contributed by atoms with Crippen LogP contribution in [0.25, 0.3) is 21.9 Å². The van der Waals surface area contributed by atoms with Gasteiger partial charge in [-0.1, -0.05) is 60.7 Å². The van der Waals surface area contributed by atoms with Crippen molar-refractivity contribution in [3.05, 3.63) is 90.5 Å². The zero-order chi connectivity index (χ0) is 21.5. The molecule has 5 nitrogen and oxygen atoms in total. The summed E-state index contributed by atoms with van der Waals surface area (Å²) in [6.07, 6.45) is 0. The Balaban J connectivity index is 0.000000184. The van der Waals surface area contributed by atoms with E-state index >= 15 is 0 Å². The van der Waals surface area contributed by atoms with Gasteiger partial charge in [-0.25, -0.2) is 4.79 Å². The molecule has 4 aromatic carbocycles. The van der Waals surface area contributed by atoms with Crippen LogP contribution in [0.5, 0.6) is 17.2 Å². The minimum Gasteiger partial charge on any atom is -0.507 e. The normalized spacial score (nSPS) is 10.1. The molecular formula is C25H22O5. The Hall–Kier alpha value is -3.99. The number of carboxylic acid groups (broad SMARTS) is 1. The van der Waals surface area contributed by atoms with Crippen molar-refractivity contribution in [3.63, 3.8) is 0 Å². The summed E-state index contributed by atoms with van der Waals surface area (Å²) in [6, 6.07) is 26.7. The van der Waals surface area contributed by atoms with Gasteiger partial charge in [0.1, 0.15) is 5.75 Å². The Morgan fingerprint density at radius 1 is 0.733 bits per heavy atom. The number of phenolic OH excluding ortho intramolecular Hbond substituents is 1. The number of carboxylic acids is 1. The van der Waals surface area contributed by atoms with Gasteiger partial charge in [0.25, 0.3) is 0 Å². The first kappa shape index (κ1) is 20.7. The van der Waals surface area contributed by atoms with Crippen LogP contribution in [0.3, 0.4) is 0 Å². The predicted molar refractivity (Wildman–Crippen MR) is 118 cm³/mol. The second kappa shape index (κ2) is 9.47. The average molecular weight is 402 g/mol. The molecule has 0 aliphatic carbocycles. The molecule has 0 spiro atoms. The van der Waals surface area contributed by atoms with Gasteiger partial charge in [0, 0.05) is 5.39 Å². The Morgan fingerprint density at radius 2 is 1.23 bits per heavy atom. The number of rotatable bonds is 4. The number of aromatic carboxylic acids is 1. The van der Waals surface area contributed by atoms with E-state index in [1.165, 1.54) is 37.5 Å².